The largest absolute Gasteiger partial charge is 0.422 e. The molecule has 0 unspecified atom stereocenters. The Balaban J connectivity index is 2.21. The minimum atomic E-state index is -0.659. The summed E-state index contributed by atoms with van der Waals surface area (Å²) in [7, 11) is 0. The highest BCUT2D eigenvalue weighted by molar-refractivity contribution is 6.35. The van der Waals surface area contributed by atoms with E-state index in [2.05, 4.69) is 0 Å². The molecule has 3 aromatic rings. The monoisotopic (exact) mass is 341 g/mol. The van der Waals surface area contributed by atoms with E-state index >= 15 is 0 Å². The Bertz CT molecular complexity index is 1030. The molecule has 0 radical (unpaired) electrons. The maximum Gasteiger partial charge on any atom is 0.354 e. The smallest absolute Gasteiger partial charge is 0.354 e. The molecule has 0 fully saturated rings. The van der Waals surface area contributed by atoms with E-state index in [-0.39, 0.29) is 5.56 Å². The van der Waals surface area contributed by atoms with E-state index in [1.807, 2.05) is 12.1 Å². The van der Waals surface area contributed by atoms with E-state index in [4.69, 9.17) is 27.6 Å². The molecule has 112 valence electrons. The number of fused-ring (bicyclic) bond motifs is 1. The van der Waals surface area contributed by atoms with Gasteiger partial charge in [-0.2, -0.15) is 5.26 Å². The lowest BCUT2D eigenvalue weighted by atomic mass is 10.0. The molecule has 1 heterocycles. The molecular weight excluding hydrogens is 333 g/mol. The van der Waals surface area contributed by atoms with Crippen LogP contribution in [0.5, 0.6) is 0 Å². The van der Waals surface area contributed by atoms with Gasteiger partial charge in [-0.3, -0.25) is 0 Å². The minimum absolute atomic E-state index is 0.0370. The summed E-state index contributed by atoms with van der Waals surface area (Å²) < 4.78 is 5.16. The van der Waals surface area contributed by atoms with E-state index in [1.54, 1.807) is 48.6 Å². The quantitative estimate of drug-likeness (QED) is 0.606. The van der Waals surface area contributed by atoms with E-state index in [0.29, 0.717) is 26.6 Å². The Morgan fingerprint density at radius 3 is 2.61 bits per heavy atom. The van der Waals surface area contributed by atoms with Gasteiger partial charge in [0.15, 0.2) is 0 Å². The van der Waals surface area contributed by atoms with E-state index < -0.39 is 5.63 Å². The van der Waals surface area contributed by atoms with Gasteiger partial charge in [0, 0.05) is 21.0 Å². The third-order valence-electron chi connectivity index (χ3n) is 3.36. The van der Waals surface area contributed by atoms with Crippen LogP contribution in [0, 0.1) is 11.3 Å². The molecule has 0 saturated heterocycles. The van der Waals surface area contributed by atoms with Crippen molar-refractivity contribution < 1.29 is 4.42 Å². The van der Waals surface area contributed by atoms with Crippen LogP contribution in [-0.2, 0) is 0 Å². The fraction of sp³-hybridized carbons (Fsp3) is 0. The lowest BCUT2D eigenvalue weighted by Crippen LogP contribution is -2.06. The Hall–Kier alpha value is -2.54. The lowest BCUT2D eigenvalue weighted by molar-refractivity contribution is 0.558. The van der Waals surface area contributed by atoms with Gasteiger partial charge in [0.25, 0.3) is 0 Å². The van der Waals surface area contributed by atoms with Crippen LogP contribution in [0.1, 0.15) is 16.7 Å². The molecule has 0 aliphatic heterocycles. The van der Waals surface area contributed by atoms with Crippen LogP contribution in [0.2, 0.25) is 10.0 Å². The summed E-state index contributed by atoms with van der Waals surface area (Å²) in [6.45, 7) is 0. The third kappa shape index (κ3) is 3.00. The molecule has 5 heteroatoms. The Morgan fingerprint density at radius 1 is 1.09 bits per heavy atom. The van der Waals surface area contributed by atoms with Gasteiger partial charge in [0.1, 0.15) is 17.2 Å². The number of benzene rings is 2. The number of rotatable bonds is 2. The van der Waals surface area contributed by atoms with Gasteiger partial charge >= 0.3 is 5.63 Å². The van der Waals surface area contributed by atoms with Gasteiger partial charge in [-0.15, -0.1) is 0 Å². The minimum Gasteiger partial charge on any atom is -0.422 e. The van der Waals surface area contributed by atoms with E-state index in [9.17, 15) is 10.1 Å². The average Bonchev–Trinajstić information content (AvgIpc) is 2.53. The maximum absolute atomic E-state index is 11.9. The first-order chi connectivity index (χ1) is 11.1. The van der Waals surface area contributed by atoms with Crippen LogP contribution in [0.3, 0.4) is 0 Å². The highest BCUT2D eigenvalue weighted by Gasteiger charge is 2.12. The zero-order valence-electron chi connectivity index (χ0n) is 11.7. The SMILES string of the molecule is N#Cc1c(/C=C/c2ccc(Cl)cc2Cl)c2ccccc2oc1=O. The Morgan fingerprint density at radius 2 is 1.87 bits per heavy atom. The van der Waals surface area contributed by atoms with Crippen molar-refractivity contribution in [3.63, 3.8) is 0 Å². The summed E-state index contributed by atoms with van der Waals surface area (Å²) in [4.78, 5) is 11.9. The zero-order chi connectivity index (χ0) is 16.4. The number of hydrogen-bond acceptors (Lipinski definition) is 3. The fourth-order valence-electron chi connectivity index (χ4n) is 2.26. The van der Waals surface area contributed by atoms with Crippen LogP contribution >= 0.6 is 23.2 Å². The molecule has 3 rings (SSSR count). The van der Waals surface area contributed by atoms with E-state index in [0.717, 1.165) is 5.56 Å². The first-order valence-corrected chi connectivity index (χ1v) is 7.45. The summed E-state index contributed by atoms with van der Waals surface area (Å²) in [6.07, 6.45) is 3.42. The standard InChI is InChI=1S/C18H9Cl2NO2/c19-12-7-5-11(16(20)9-12)6-8-13-14-3-1-2-4-17(14)23-18(22)15(13)10-21/h1-9H/b8-6+. The summed E-state index contributed by atoms with van der Waals surface area (Å²) >= 11 is 12.0. The van der Waals surface area contributed by atoms with Gasteiger partial charge in [-0.1, -0.05) is 59.6 Å². The second-order valence-electron chi connectivity index (χ2n) is 4.79. The lowest BCUT2D eigenvalue weighted by Gasteiger charge is -2.04. The molecule has 0 N–H and O–H groups in total. The van der Waals surface area contributed by atoms with Crippen LogP contribution in [0.15, 0.2) is 51.7 Å². The molecule has 0 bridgehead atoms. The van der Waals surface area contributed by atoms with Gasteiger partial charge in [-0.25, -0.2) is 4.79 Å². The Labute approximate surface area is 142 Å². The fourth-order valence-corrected chi connectivity index (χ4v) is 2.73. The second kappa shape index (κ2) is 6.29. The van der Waals surface area contributed by atoms with Crippen molar-refractivity contribution in [1.29, 1.82) is 5.26 Å². The maximum atomic E-state index is 11.9. The summed E-state index contributed by atoms with van der Waals surface area (Å²) in [5.41, 5.74) is 0.971. The van der Waals surface area contributed by atoms with Crippen LogP contribution in [-0.4, -0.2) is 0 Å². The predicted molar refractivity (Wildman–Crippen MR) is 92.6 cm³/mol. The summed E-state index contributed by atoms with van der Waals surface area (Å²) in [5, 5.41) is 11.0. The molecule has 23 heavy (non-hydrogen) atoms. The summed E-state index contributed by atoms with van der Waals surface area (Å²) in [5.74, 6) is 0. The second-order valence-corrected chi connectivity index (χ2v) is 5.63. The average molecular weight is 342 g/mol. The van der Waals surface area contributed by atoms with Gasteiger partial charge in [0.05, 0.1) is 0 Å². The van der Waals surface area contributed by atoms with Crippen LogP contribution in [0.25, 0.3) is 23.1 Å². The highest BCUT2D eigenvalue weighted by Crippen LogP contribution is 2.25. The van der Waals surface area contributed by atoms with Crippen molar-refractivity contribution in [2.45, 2.75) is 0 Å². The molecule has 3 nitrogen and oxygen atoms in total. The molecule has 1 aromatic heterocycles. The van der Waals surface area contributed by atoms with Crippen molar-refractivity contribution in [2.75, 3.05) is 0 Å². The molecule has 0 atom stereocenters. The highest BCUT2D eigenvalue weighted by atomic mass is 35.5. The molecule has 0 aliphatic carbocycles. The van der Waals surface area contributed by atoms with Crippen LogP contribution in [0.4, 0.5) is 0 Å². The van der Waals surface area contributed by atoms with Crippen molar-refractivity contribution in [2.24, 2.45) is 0 Å². The Kier molecular flexibility index (Phi) is 4.20. The number of nitrogens with zero attached hydrogens (tertiary/aromatic N) is 1. The number of hydrogen-bond donors (Lipinski definition) is 0. The topological polar surface area (TPSA) is 54.0 Å². The molecular formula is C18H9Cl2NO2. The van der Waals surface area contributed by atoms with Crippen molar-refractivity contribution in [3.8, 4) is 6.07 Å². The van der Waals surface area contributed by atoms with Gasteiger partial charge in [-0.05, 0) is 23.8 Å². The van der Waals surface area contributed by atoms with Crippen molar-refractivity contribution >= 4 is 46.3 Å². The van der Waals surface area contributed by atoms with Gasteiger partial charge in [0.2, 0.25) is 0 Å². The first-order valence-electron chi connectivity index (χ1n) is 6.69. The normalized spacial score (nSPS) is 11.0. The third-order valence-corrected chi connectivity index (χ3v) is 3.92. The van der Waals surface area contributed by atoms with Crippen molar-refractivity contribution in [1.82, 2.24) is 0 Å². The first kappa shape index (κ1) is 15.4. The molecule has 0 amide bonds. The molecule has 2 aromatic carbocycles. The molecule has 0 spiro atoms. The van der Waals surface area contributed by atoms with Crippen LogP contribution < -0.4 is 5.63 Å². The number of para-hydroxylation sites is 1. The van der Waals surface area contributed by atoms with E-state index in [1.165, 1.54) is 0 Å². The molecule has 0 aliphatic rings. The predicted octanol–water partition coefficient (Wildman–Crippen LogP) is 5.14. The van der Waals surface area contributed by atoms with Gasteiger partial charge < -0.3 is 4.42 Å². The van der Waals surface area contributed by atoms with Crippen molar-refractivity contribution in [3.05, 3.63) is 79.6 Å². The molecule has 0 saturated carbocycles. The number of nitriles is 1. The summed E-state index contributed by atoms with van der Waals surface area (Å²) in [6, 6.07) is 14.1. The number of halogens is 2. The zero-order valence-corrected chi connectivity index (χ0v) is 13.2.